The average Bonchev–Trinajstić information content (AvgIpc) is 3.39. The quantitative estimate of drug-likeness (QED) is 0.128. The second-order valence-corrected chi connectivity index (χ2v) is 12.5. The van der Waals surface area contributed by atoms with Crippen molar-refractivity contribution in [3.63, 3.8) is 0 Å². The number of aromatic carboxylic acids is 2. The van der Waals surface area contributed by atoms with Gasteiger partial charge < -0.3 is 31.1 Å². The molecule has 6 N–H and O–H groups in total. The number of carboxylic acids is 3. The zero-order valence-corrected chi connectivity index (χ0v) is 30.0. The highest BCUT2D eigenvalue weighted by Gasteiger charge is 2.43. The van der Waals surface area contributed by atoms with Crippen molar-refractivity contribution < 1.29 is 43.6 Å². The van der Waals surface area contributed by atoms with Crippen molar-refractivity contribution in [2.45, 2.75) is 46.6 Å². The van der Waals surface area contributed by atoms with E-state index in [9.17, 15) is 28.7 Å². The summed E-state index contributed by atoms with van der Waals surface area (Å²) in [4.78, 5) is 60.6. The molecule has 1 unspecified atom stereocenters. The number of amides is 1. The fourth-order valence-corrected chi connectivity index (χ4v) is 4.94. The molecule has 51 heavy (non-hydrogen) atoms. The van der Waals surface area contributed by atoms with Gasteiger partial charge in [-0.15, -0.1) is 0 Å². The lowest BCUT2D eigenvalue weighted by molar-refractivity contribution is -0.139. The number of nitrogens with two attached hydrogens (primary N) is 1. The minimum Gasteiger partial charge on any atom is -0.479 e. The van der Waals surface area contributed by atoms with Crippen LogP contribution in [0.1, 0.15) is 65.2 Å². The lowest BCUT2D eigenvalue weighted by Crippen LogP contribution is -2.41. The number of aliphatic carboxylic acids is 1. The molecule has 4 aromatic rings. The zero-order chi connectivity index (χ0) is 38.4. The van der Waals surface area contributed by atoms with E-state index in [1.807, 2.05) is 33.8 Å². The SMILES string of the molecule is CCc1cnc(C2=NC(C)(C(C)C)C(=O)N2)c(C(=O)O)c1.Cc1cnc2c(C(=O)O)c(Cl)ccc2c1.Nc1c(Cl)c(F)nc(OCC(=O)O)c1Cl. The van der Waals surface area contributed by atoms with Crippen molar-refractivity contribution in [1.29, 1.82) is 0 Å². The van der Waals surface area contributed by atoms with Crippen LogP contribution < -0.4 is 15.8 Å². The van der Waals surface area contributed by atoms with Crippen LogP contribution in [0, 0.1) is 18.8 Å². The van der Waals surface area contributed by atoms with E-state index in [1.165, 1.54) is 0 Å². The molecule has 0 saturated carbocycles. The normalized spacial score (nSPS) is 14.9. The molecule has 0 bridgehead atoms. The number of nitrogens with one attached hydrogen (secondary N) is 1. The third-order valence-electron chi connectivity index (χ3n) is 7.49. The third-order valence-corrected chi connectivity index (χ3v) is 8.53. The number of aliphatic imine (C=N–C) groups is 1. The van der Waals surface area contributed by atoms with Crippen LogP contribution in [0.2, 0.25) is 15.1 Å². The molecule has 4 heterocycles. The van der Waals surface area contributed by atoms with Crippen molar-refractivity contribution >= 4 is 81.0 Å². The smallest absolute Gasteiger partial charge is 0.341 e. The molecule has 270 valence electrons. The predicted molar refractivity (Wildman–Crippen MR) is 189 cm³/mol. The van der Waals surface area contributed by atoms with Crippen LogP contribution in [0.25, 0.3) is 10.9 Å². The number of rotatable bonds is 8. The van der Waals surface area contributed by atoms with E-state index < -0.39 is 46.9 Å². The molecule has 0 radical (unpaired) electrons. The molecule has 0 aliphatic carbocycles. The van der Waals surface area contributed by atoms with Gasteiger partial charge in [0.25, 0.3) is 5.91 Å². The van der Waals surface area contributed by atoms with Crippen molar-refractivity contribution in [2.24, 2.45) is 10.9 Å². The summed E-state index contributed by atoms with van der Waals surface area (Å²) in [6.07, 6.45) is 3.93. The number of carbonyl (C=O) groups excluding carboxylic acids is 1. The topological polar surface area (TPSA) is 227 Å². The van der Waals surface area contributed by atoms with E-state index in [1.54, 1.807) is 37.5 Å². The number of fused-ring (bicyclic) bond motifs is 1. The number of anilines is 1. The Morgan fingerprint density at radius 1 is 1.04 bits per heavy atom. The number of hydrogen-bond acceptors (Lipinski definition) is 10. The first-order valence-electron chi connectivity index (χ1n) is 14.9. The molecule has 18 heteroatoms. The van der Waals surface area contributed by atoms with Gasteiger partial charge in [-0.1, -0.05) is 61.6 Å². The second-order valence-electron chi connectivity index (χ2n) is 11.4. The summed E-state index contributed by atoms with van der Waals surface area (Å²) in [5, 5.41) is 29.7. The summed E-state index contributed by atoms with van der Waals surface area (Å²) in [5.41, 5.74) is 6.75. The molecular weight excluding hydrogens is 734 g/mol. The third kappa shape index (κ3) is 9.36. The van der Waals surface area contributed by atoms with E-state index >= 15 is 0 Å². The largest absolute Gasteiger partial charge is 0.479 e. The highest BCUT2D eigenvalue weighted by Crippen LogP contribution is 2.35. The first-order chi connectivity index (χ1) is 23.8. The number of pyridine rings is 3. The fraction of sp³-hybridized carbons (Fsp3) is 0.273. The summed E-state index contributed by atoms with van der Waals surface area (Å²) in [5.74, 6) is -4.86. The molecule has 3 aromatic heterocycles. The van der Waals surface area contributed by atoms with Gasteiger partial charge in [0.1, 0.15) is 26.8 Å². The van der Waals surface area contributed by atoms with Crippen LogP contribution >= 0.6 is 34.8 Å². The van der Waals surface area contributed by atoms with Crippen molar-refractivity contribution in [3.8, 4) is 5.88 Å². The summed E-state index contributed by atoms with van der Waals surface area (Å²) in [6, 6.07) is 6.80. The maximum absolute atomic E-state index is 12.9. The van der Waals surface area contributed by atoms with Gasteiger partial charge in [0, 0.05) is 17.8 Å². The Hall–Kier alpha value is -5.12. The number of carbonyl (C=O) groups is 4. The number of hydrogen-bond donors (Lipinski definition) is 5. The highest BCUT2D eigenvalue weighted by molar-refractivity contribution is 6.39. The van der Waals surface area contributed by atoms with Gasteiger partial charge in [0.05, 0.1) is 21.8 Å². The highest BCUT2D eigenvalue weighted by atomic mass is 35.5. The number of halogens is 4. The van der Waals surface area contributed by atoms with Gasteiger partial charge in [-0.3, -0.25) is 14.8 Å². The summed E-state index contributed by atoms with van der Waals surface area (Å²) in [7, 11) is 0. The Bertz CT molecular complexity index is 2060. The Kier molecular flexibility index (Phi) is 13.2. The van der Waals surface area contributed by atoms with Crippen LogP contribution in [0.4, 0.5) is 10.1 Å². The maximum Gasteiger partial charge on any atom is 0.341 e. The maximum atomic E-state index is 12.9. The monoisotopic (exact) mass is 764 g/mol. The molecule has 14 nitrogen and oxygen atoms in total. The number of carboxylic acid groups (broad SMARTS) is 3. The molecule has 1 aliphatic heterocycles. The Balaban J connectivity index is 0.000000211. The van der Waals surface area contributed by atoms with E-state index in [2.05, 4.69) is 30.0 Å². The molecule has 0 spiro atoms. The molecule has 5 rings (SSSR count). The van der Waals surface area contributed by atoms with Gasteiger partial charge in [-0.2, -0.15) is 9.37 Å². The number of aromatic nitrogens is 3. The van der Waals surface area contributed by atoms with Gasteiger partial charge in [-0.25, -0.2) is 19.4 Å². The minimum atomic E-state index is -1.25. The zero-order valence-electron chi connectivity index (χ0n) is 27.7. The van der Waals surface area contributed by atoms with Gasteiger partial charge >= 0.3 is 17.9 Å². The number of ether oxygens (including phenoxy) is 1. The van der Waals surface area contributed by atoms with Crippen molar-refractivity contribution in [2.75, 3.05) is 12.3 Å². The number of nitrogens with zero attached hydrogens (tertiary/aromatic N) is 4. The number of benzene rings is 1. The minimum absolute atomic E-state index is 0.00167. The Morgan fingerprint density at radius 2 is 1.71 bits per heavy atom. The first kappa shape index (κ1) is 40.3. The molecule has 1 amide bonds. The van der Waals surface area contributed by atoms with E-state index in [4.69, 9.17) is 50.7 Å². The van der Waals surface area contributed by atoms with Gasteiger partial charge in [0.2, 0.25) is 11.8 Å². The Labute approximate surface area is 305 Å². The number of nitrogen functional groups attached to an aromatic ring is 1. The lowest BCUT2D eigenvalue weighted by Gasteiger charge is -2.21. The summed E-state index contributed by atoms with van der Waals surface area (Å²) in [6.45, 7) is 8.66. The average molecular weight is 766 g/mol. The molecule has 1 aliphatic rings. The number of aryl methyl sites for hydroxylation is 2. The van der Waals surface area contributed by atoms with Crippen LogP contribution in [0.3, 0.4) is 0 Å². The molecular formula is C33H32Cl3FN6O8. The van der Waals surface area contributed by atoms with E-state index in [-0.39, 0.29) is 50.2 Å². The van der Waals surface area contributed by atoms with Crippen molar-refractivity contribution in [3.05, 3.63) is 85.6 Å². The Morgan fingerprint density at radius 3 is 2.25 bits per heavy atom. The predicted octanol–water partition coefficient (Wildman–Crippen LogP) is 6.10. The first-order valence-corrected chi connectivity index (χ1v) is 16.0. The van der Waals surface area contributed by atoms with Gasteiger partial charge in [0.15, 0.2) is 12.4 Å². The molecule has 0 saturated heterocycles. The molecule has 1 aromatic carbocycles. The fourth-order valence-electron chi connectivity index (χ4n) is 4.33. The molecule has 1 atom stereocenters. The standard InChI is InChI=1S/C15H19N3O3.C11H8ClNO2.C7H5Cl2FN2O3/c1-5-9-6-10(13(19)20)11(16-7-9)12-17-14(21)15(4,18-12)8(2)3;1-6-4-7-2-3-8(12)9(11(14)15)10(7)13-5-6;8-3-5(11)4(9)7(12-6(3)10)15-1-2(13)14/h6-8H,5H2,1-4H3,(H,19,20)(H,17,18,21);2-5H,1H3,(H,14,15);1H2,(H2,11,12)(H,13,14). The van der Waals surface area contributed by atoms with Crippen LogP contribution in [0.15, 0.2) is 41.7 Å². The van der Waals surface area contributed by atoms with E-state index in [0.29, 0.717) is 11.9 Å². The second kappa shape index (κ2) is 16.7. The van der Waals surface area contributed by atoms with Crippen LogP contribution in [-0.4, -0.2) is 72.1 Å². The lowest BCUT2D eigenvalue weighted by atomic mass is 9.89. The number of amidine groups is 1. The van der Waals surface area contributed by atoms with Gasteiger partial charge in [-0.05, 0) is 55.5 Å². The van der Waals surface area contributed by atoms with E-state index in [0.717, 1.165) is 16.5 Å². The van der Waals surface area contributed by atoms with Crippen LogP contribution in [-0.2, 0) is 16.0 Å². The van der Waals surface area contributed by atoms with Crippen LogP contribution in [0.5, 0.6) is 5.88 Å². The summed E-state index contributed by atoms with van der Waals surface area (Å²) < 4.78 is 17.5. The summed E-state index contributed by atoms with van der Waals surface area (Å²) >= 11 is 16.8. The molecule has 0 fully saturated rings. The van der Waals surface area contributed by atoms with Crippen molar-refractivity contribution in [1.82, 2.24) is 20.3 Å².